The second-order valence-corrected chi connectivity index (χ2v) is 10.8. The summed E-state index contributed by atoms with van der Waals surface area (Å²) in [5.74, 6) is -1.99. The van der Waals surface area contributed by atoms with E-state index in [1.54, 1.807) is 36.4 Å². The van der Waals surface area contributed by atoms with Gasteiger partial charge in [0.15, 0.2) is 17.7 Å². The first kappa shape index (κ1) is 28.1. The van der Waals surface area contributed by atoms with Gasteiger partial charge in [0.25, 0.3) is 0 Å². The predicted octanol–water partition coefficient (Wildman–Crippen LogP) is 6.75. The van der Waals surface area contributed by atoms with Crippen molar-refractivity contribution in [2.45, 2.75) is 29.9 Å². The van der Waals surface area contributed by atoms with Crippen LogP contribution in [0.1, 0.15) is 27.6 Å². The van der Waals surface area contributed by atoms with Crippen LogP contribution in [0.4, 0.5) is 4.39 Å². The lowest BCUT2D eigenvalue weighted by molar-refractivity contribution is -0.145. The first-order chi connectivity index (χ1) is 19.9. The van der Waals surface area contributed by atoms with Gasteiger partial charge < -0.3 is 14.2 Å². The summed E-state index contributed by atoms with van der Waals surface area (Å²) in [6.45, 7) is 0.933. The number of ether oxygens (including phenoxy) is 3. The lowest BCUT2D eigenvalue weighted by Crippen LogP contribution is -2.37. The number of thioether (sulfide) groups is 1. The van der Waals surface area contributed by atoms with Crippen molar-refractivity contribution in [3.8, 4) is 22.3 Å². The van der Waals surface area contributed by atoms with E-state index in [-0.39, 0.29) is 12.2 Å². The van der Waals surface area contributed by atoms with Crippen molar-refractivity contribution in [2.24, 2.45) is 0 Å². The monoisotopic (exact) mass is 570 g/mol. The molecule has 0 amide bonds. The highest BCUT2D eigenvalue weighted by atomic mass is 32.2. The molecule has 0 aliphatic carbocycles. The van der Waals surface area contributed by atoms with Crippen LogP contribution < -0.4 is 0 Å². The Morgan fingerprint density at radius 2 is 1.12 bits per heavy atom. The second-order valence-electron chi connectivity index (χ2n) is 9.45. The summed E-state index contributed by atoms with van der Waals surface area (Å²) in [6.07, 6.45) is -3.09. The summed E-state index contributed by atoms with van der Waals surface area (Å²) in [5.41, 5.74) is 3.24. The average Bonchev–Trinajstić information content (AvgIpc) is 3.29. The summed E-state index contributed by atoms with van der Waals surface area (Å²) in [5, 5.41) is -0.783. The third-order valence-electron chi connectivity index (χ3n) is 6.61. The molecule has 0 bridgehead atoms. The van der Waals surface area contributed by atoms with Crippen LogP contribution in [0.5, 0.6) is 0 Å². The fourth-order valence-corrected chi connectivity index (χ4v) is 5.86. The van der Waals surface area contributed by atoms with E-state index in [2.05, 4.69) is 0 Å². The van der Waals surface area contributed by atoms with Gasteiger partial charge in [-0.05, 0) is 46.5 Å². The maximum absolute atomic E-state index is 15.4. The molecule has 1 fully saturated rings. The van der Waals surface area contributed by atoms with Crippen molar-refractivity contribution in [1.29, 1.82) is 0 Å². The highest BCUT2D eigenvalue weighted by molar-refractivity contribution is 8.00. The van der Waals surface area contributed by atoms with Gasteiger partial charge >= 0.3 is 17.9 Å². The summed E-state index contributed by atoms with van der Waals surface area (Å²) >= 11 is 0.956. The molecular weight excluding hydrogens is 543 g/mol. The van der Waals surface area contributed by atoms with Gasteiger partial charge in [-0.25, -0.2) is 14.0 Å². The maximum Gasteiger partial charge on any atom is 0.338 e. The Morgan fingerprint density at radius 3 is 1.61 bits per heavy atom. The zero-order chi connectivity index (χ0) is 28.8. The molecule has 4 aromatic carbocycles. The van der Waals surface area contributed by atoms with Crippen molar-refractivity contribution in [3.05, 3.63) is 120 Å². The number of esters is 3. The Labute approximate surface area is 241 Å². The SMILES string of the molecule is CC(=O)OC1S[C@@H](COC(=O)c2ccc(-c3ccccc3)cc2)[C@@H](OC(=O)c2ccc(-c3ccccc3)cc2)[C@@H]1F. The standard InChI is InChI=1S/C33H27FO6S/c1-21(35)39-33-29(34)30(40-32(37)27-18-14-25(15-19-27)23-10-6-3-7-11-23)28(41-33)20-38-31(36)26-16-12-24(13-17-26)22-8-4-2-5-9-22/h2-19,28-30,33H,20H2,1H3/t28-,29-,30+,33?/m0/s1. The molecule has 0 N–H and O–H groups in total. The number of hydrogen-bond acceptors (Lipinski definition) is 7. The molecule has 8 heteroatoms. The average molecular weight is 571 g/mol. The fourth-order valence-electron chi connectivity index (χ4n) is 4.51. The van der Waals surface area contributed by atoms with Crippen molar-refractivity contribution < 1.29 is 33.0 Å². The van der Waals surface area contributed by atoms with Crippen LogP contribution in [-0.2, 0) is 19.0 Å². The molecule has 0 aromatic heterocycles. The number of halogens is 1. The smallest absolute Gasteiger partial charge is 0.338 e. The molecule has 0 spiro atoms. The van der Waals surface area contributed by atoms with E-state index < -0.39 is 40.9 Å². The van der Waals surface area contributed by atoms with Gasteiger partial charge in [0, 0.05) is 6.92 Å². The predicted molar refractivity (Wildman–Crippen MR) is 155 cm³/mol. The number of hydrogen-bond donors (Lipinski definition) is 0. The molecule has 4 atom stereocenters. The van der Waals surface area contributed by atoms with Crippen LogP contribution in [0, 0.1) is 0 Å². The number of rotatable bonds is 8. The number of carbonyl (C=O) groups is 3. The molecule has 41 heavy (non-hydrogen) atoms. The topological polar surface area (TPSA) is 78.9 Å². The Morgan fingerprint density at radius 1 is 0.659 bits per heavy atom. The summed E-state index contributed by atoms with van der Waals surface area (Å²) in [7, 11) is 0. The second kappa shape index (κ2) is 12.8. The Hall–Kier alpha value is -4.43. The van der Waals surface area contributed by atoms with Crippen LogP contribution in [0.15, 0.2) is 109 Å². The van der Waals surface area contributed by atoms with Crippen molar-refractivity contribution in [3.63, 3.8) is 0 Å². The molecule has 6 nitrogen and oxygen atoms in total. The van der Waals surface area contributed by atoms with Crippen molar-refractivity contribution in [2.75, 3.05) is 6.61 Å². The van der Waals surface area contributed by atoms with Crippen LogP contribution in [-0.4, -0.2) is 47.5 Å². The minimum Gasteiger partial charge on any atom is -0.461 e. The van der Waals surface area contributed by atoms with Crippen molar-refractivity contribution >= 4 is 29.7 Å². The van der Waals surface area contributed by atoms with Gasteiger partial charge in [0.1, 0.15) is 6.61 Å². The molecule has 208 valence electrons. The van der Waals surface area contributed by atoms with Crippen LogP contribution in [0.2, 0.25) is 0 Å². The Balaban J connectivity index is 1.25. The third kappa shape index (κ3) is 6.84. The largest absolute Gasteiger partial charge is 0.461 e. The van der Waals surface area contributed by atoms with Gasteiger partial charge in [-0.2, -0.15) is 0 Å². The summed E-state index contributed by atoms with van der Waals surface area (Å²) < 4.78 is 31.5. The molecule has 5 rings (SSSR count). The normalized spacial score (nSPS) is 19.8. The fraction of sp³-hybridized carbons (Fsp3) is 0.182. The number of benzene rings is 4. The lowest BCUT2D eigenvalue weighted by Gasteiger charge is -2.20. The minimum atomic E-state index is -1.80. The Bertz CT molecular complexity index is 1490. The van der Waals surface area contributed by atoms with Gasteiger partial charge in [0.05, 0.1) is 16.4 Å². The molecule has 0 saturated carbocycles. The van der Waals surface area contributed by atoms with Crippen LogP contribution in [0.25, 0.3) is 22.3 Å². The van der Waals surface area contributed by atoms with Gasteiger partial charge in [-0.15, -0.1) is 11.8 Å². The molecule has 1 saturated heterocycles. The van der Waals surface area contributed by atoms with Gasteiger partial charge in [-0.3, -0.25) is 4.79 Å². The zero-order valence-corrected chi connectivity index (χ0v) is 23.0. The molecular formula is C33H27FO6S. The number of alkyl halides is 1. The highest BCUT2D eigenvalue weighted by Gasteiger charge is 2.49. The van der Waals surface area contributed by atoms with E-state index in [9.17, 15) is 14.4 Å². The van der Waals surface area contributed by atoms with E-state index in [4.69, 9.17) is 14.2 Å². The highest BCUT2D eigenvalue weighted by Crippen LogP contribution is 2.39. The van der Waals surface area contributed by atoms with Gasteiger partial charge in [0.2, 0.25) is 0 Å². The van der Waals surface area contributed by atoms with E-state index in [1.807, 2.05) is 72.8 Å². The first-order valence-electron chi connectivity index (χ1n) is 13.0. The van der Waals surface area contributed by atoms with Crippen LogP contribution in [0.3, 0.4) is 0 Å². The number of carbonyl (C=O) groups excluding carboxylic acids is 3. The lowest BCUT2D eigenvalue weighted by atomic mass is 10.0. The van der Waals surface area contributed by atoms with Crippen LogP contribution >= 0.6 is 11.8 Å². The quantitative estimate of drug-likeness (QED) is 0.171. The zero-order valence-electron chi connectivity index (χ0n) is 22.1. The molecule has 4 aromatic rings. The summed E-state index contributed by atoms with van der Waals surface area (Å²) in [4.78, 5) is 37.3. The van der Waals surface area contributed by atoms with E-state index in [0.29, 0.717) is 5.56 Å². The van der Waals surface area contributed by atoms with E-state index >= 15 is 4.39 Å². The molecule has 1 heterocycles. The molecule has 1 unspecified atom stereocenters. The van der Waals surface area contributed by atoms with Crippen molar-refractivity contribution in [1.82, 2.24) is 0 Å². The van der Waals surface area contributed by atoms with Gasteiger partial charge in [-0.1, -0.05) is 84.9 Å². The minimum absolute atomic E-state index is 0.243. The first-order valence-corrected chi connectivity index (χ1v) is 14.0. The Kier molecular flexibility index (Phi) is 8.79. The molecule has 1 aliphatic rings. The maximum atomic E-state index is 15.4. The van der Waals surface area contributed by atoms with E-state index in [0.717, 1.165) is 34.0 Å². The molecule has 1 aliphatic heterocycles. The summed E-state index contributed by atoms with van der Waals surface area (Å²) in [6, 6.07) is 33.1. The molecule has 0 radical (unpaired) electrons. The third-order valence-corrected chi connectivity index (χ3v) is 7.99. The van der Waals surface area contributed by atoms with E-state index in [1.165, 1.54) is 6.92 Å².